The van der Waals surface area contributed by atoms with Crippen molar-refractivity contribution in [1.82, 2.24) is 14.8 Å². The second kappa shape index (κ2) is 9.40. The first-order chi connectivity index (χ1) is 12.6. The maximum absolute atomic E-state index is 12.5. The smallest absolute Gasteiger partial charge is 0.223 e. The van der Waals surface area contributed by atoms with E-state index in [0.29, 0.717) is 12.5 Å². The molecule has 1 aliphatic heterocycles. The summed E-state index contributed by atoms with van der Waals surface area (Å²) in [4.78, 5) is 22.1. The molecule has 3 rings (SSSR count). The van der Waals surface area contributed by atoms with Crippen LogP contribution >= 0.6 is 23.4 Å². The molecule has 0 N–H and O–H groups in total. The Hall–Kier alpha value is -1.56. The lowest BCUT2D eigenvalue weighted by molar-refractivity contribution is -0.132. The van der Waals surface area contributed by atoms with E-state index in [4.69, 9.17) is 11.6 Å². The molecular formula is C20H24ClN3OS. The van der Waals surface area contributed by atoms with E-state index >= 15 is 0 Å². The molecule has 1 fully saturated rings. The lowest BCUT2D eigenvalue weighted by atomic mass is 10.1. The Morgan fingerprint density at radius 2 is 1.96 bits per heavy atom. The molecule has 1 amide bonds. The second-order valence-corrected chi connectivity index (χ2v) is 7.95. The second-order valence-electron chi connectivity index (χ2n) is 6.41. The molecule has 1 aromatic carbocycles. The summed E-state index contributed by atoms with van der Waals surface area (Å²) in [5.74, 6) is 0.993. The Balaban J connectivity index is 1.43. The highest BCUT2D eigenvalue weighted by Gasteiger charge is 2.24. The van der Waals surface area contributed by atoms with E-state index in [-0.39, 0.29) is 5.91 Å². The summed E-state index contributed by atoms with van der Waals surface area (Å²) in [6.07, 6.45) is 4.27. The summed E-state index contributed by atoms with van der Waals surface area (Å²) in [5, 5.41) is 0.753. The van der Waals surface area contributed by atoms with Gasteiger partial charge in [-0.2, -0.15) is 0 Å². The van der Waals surface area contributed by atoms with Crippen molar-refractivity contribution in [3.8, 4) is 0 Å². The van der Waals surface area contributed by atoms with Gasteiger partial charge in [0.15, 0.2) is 0 Å². The number of halogens is 1. The Kier molecular flexibility index (Phi) is 6.94. The normalized spacial score (nSPS) is 16.5. The van der Waals surface area contributed by atoms with Gasteiger partial charge in [0.1, 0.15) is 0 Å². The minimum absolute atomic E-state index is 0.234. The fraction of sp³-hybridized carbons (Fsp3) is 0.400. The van der Waals surface area contributed by atoms with Crippen LogP contribution in [0.15, 0.2) is 53.7 Å². The summed E-state index contributed by atoms with van der Waals surface area (Å²) in [6.45, 7) is 5.59. The molecule has 138 valence electrons. The van der Waals surface area contributed by atoms with Crippen LogP contribution in [-0.4, -0.2) is 52.6 Å². The number of hydrogen-bond acceptors (Lipinski definition) is 4. The third-order valence-electron chi connectivity index (χ3n) is 4.79. The van der Waals surface area contributed by atoms with Gasteiger partial charge in [-0.3, -0.25) is 14.7 Å². The Morgan fingerprint density at radius 3 is 2.65 bits per heavy atom. The van der Waals surface area contributed by atoms with Gasteiger partial charge in [-0.15, -0.1) is 11.8 Å². The third kappa shape index (κ3) is 5.00. The molecule has 1 unspecified atom stereocenters. The van der Waals surface area contributed by atoms with Gasteiger partial charge >= 0.3 is 0 Å². The zero-order chi connectivity index (χ0) is 18.4. The molecule has 1 aromatic heterocycles. The number of carbonyl (C=O) groups is 1. The van der Waals surface area contributed by atoms with Crippen molar-refractivity contribution >= 4 is 29.3 Å². The fourth-order valence-corrected chi connectivity index (χ4v) is 4.34. The number of pyridine rings is 1. The Morgan fingerprint density at radius 1 is 1.19 bits per heavy atom. The van der Waals surface area contributed by atoms with E-state index in [1.807, 2.05) is 41.4 Å². The molecule has 0 saturated carbocycles. The van der Waals surface area contributed by atoms with Gasteiger partial charge < -0.3 is 4.90 Å². The minimum atomic E-state index is 0.234. The van der Waals surface area contributed by atoms with E-state index in [1.54, 1.807) is 18.0 Å². The van der Waals surface area contributed by atoms with Crippen LogP contribution in [0.2, 0.25) is 5.02 Å². The van der Waals surface area contributed by atoms with Crippen LogP contribution in [0, 0.1) is 0 Å². The lowest BCUT2D eigenvalue weighted by Gasteiger charge is -2.38. The van der Waals surface area contributed by atoms with Gasteiger partial charge in [0.05, 0.1) is 5.02 Å². The Labute approximate surface area is 164 Å². The van der Waals surface area contributed by atoms with Crippen molar-refractivity contribution in [3.05, 3.63) is 59.4 Å². The number of nitrogens with zero attached hydrogens (tertiary/aromatic N) is 3. The first kappa shape index (κ1) is 19.2. The lowest BCUT2D eigenvalue weighted by Crippen LogP contribution is -2.49. The molecule has 1 saturated heterocycles. The molecule has 2 heterocycles. The molecule has 0 aliphatic carbocycles. The summed E-state index contributed by atoms with van der Waals surface area (Å²) in [5.41, 5.74) is 1.23. The molecule has 0 spiro atoms. The van der Waals surface area contributed by atoms with Crippen LogP contribution in [0.25, 0.3) is 0 Å². The third-order valence-corrected chi connectivity index (χ3v) is 6.31. The van der Waals surface area contributed by atoms with E-state index in [2.05, 4.69) is 22.9 Å². The molecule has 6 heteroatoms. The standard InChI is InChI=1S/C20H24ClN3OS/c1-16(17-5-4-9-22-15-17)23-10-12-24(13-11-23)20(25)8-14-26-19-7-3-2-6-18(19)21/h2-7,9,15-16H,8,10-14H2,1H3. The van der Waals surface area contributed by atoms with Gasteiger partial charge in [0.25, 0.3) is 0 Å². The highest BCUT2D eigenvalue weighted by Crippen LogP contribution is 2.27. The van der Waals surface area contributed by atoms with Gasteiger partial charge in [-0.05, 0) is 30.7 Å². The largest absolute Gasteiger partial charge is 0.340 e. The molecule has 1 atom stereocenters. The predicted molar refractivity (Wildman–Crippen MR) is 108 cm³/mol. The van der Waals surface area contributed by atoms with E-state index in [0.717, 1.165) is 41.8 Å². The molecule has 2 aromatic rings. The van der Waals surface area contributed by atoms with Gasteiger partial charge in [0, 0.05) is 61.7 Å². The first-order valence-corrected chi connectivity index (χ1v) is 10.3. The molecule has 4 nitrogen and oxygen atoms in total. The minimum Gasteiger partial charge on any atom is -0.340 e. The number of benzene rings is 1. The predicted octanol–water partition coefficient (Wildman–Crippen LogP) is 4.12. The highest BCUT2D eigenvalue weighted by molar-refractivity contribution is 7.99. The number of carbonyl (C=O) groups excluding carboxylic acids is 1. The van der Waals surface area contributed by atoms with Crippen LogP contribution in [0.4, 0.5) is 0 Å². The zero-order valence-corrected chi connectivity index (χ0v) is 16.5. The first-order valence-electron chi connectivity index (χ1n) is 8.94. The van der Waals surface area contributed by atoms with E-state index < -0.39 is 0 Å². The van der Waals surface area contributed by atoms with Gasteiger partial charge in [-0.25, -0.2) is 0 Å². The van der Waals surface area contributed by atoms with Gasteiger partial charge in [0.2, 0.25) is 5.91 Å². The molecule has 0 bridgehead atoms. The number of thioether (sulfide) groups is 1. The average molecular weight is 390 g/mol. The maximum Gasteiger partial charge on any atom is 0.223 e. The topological polar surface area (TPSA) is 36.4 Å². The van der Waals surface area contributed by atoms with Crippen LogP contribution in [0.5, 0.6) is 0 Å². The summed E-state index contributed by atoms with van der Waals surface area (Å²) in [6, 6.07) is 12.2. The number of piperazine rings is 1. The van der Waals surface area contributed by atoms with Crippen molar-refractivity contribution in [2.45, 2.75) is 24.3 Å². The highest BCUT2D eigenvalue weighted by atomic mass is 35.5. The summed E-state index contributed by atoms with van der Waals surface area (Å²) < 4.78 is 0. The van der Waals surface area contributed by atoms with Crippen molar-refractivity contribution in [3.63, 3.8) is 0 Å². The van der Waals surface area contributed by atoms with Crippen LogP contribution in [0.3, 0.4) is 0 Å². The average Bonchev–Trinajstić information content (AvgIpc) is 2.69. The van der Waals surface area contributed by atoms with Crippen molar-refractivity contribution in [2.24, 2.45) is 0 Å². The van der Waals surface area contributed by atoms with Crippen LogP contribution in [0.1, 0.15) is 24.9 Å². The summed E-state index contributed by atoms with van der Waals surface area (Å²) in [7, 11) is 0. The fourth-order valence-electron chi connectivity index (χ4n) is 3.16. The monoisotopic (exact) mass is 389 g/mol. The zero-order valence-electron chi connectivity index (χ0n) is 15.0. The number of hydrogen-bond donors (Lipinski definition) is 0. The summed E-state index contributed by atoms with van der Waals surface area (Å²) >= 11 is 7.80. The van der Waals surface area contributed by atoms with Crippen molar-refractivity contribution < 1.29 is 4.79 Å². The number of amides is 1. The molecule has 0 radical (unpaired) electrons. The molecule has 1 aliphatic rings. The van der Waals surface area contributed by atoms with E-state index in [1.165, 1.54) is 5.56 Å². The van der Waals surface area contributed by atoms with E-state index in [9.17, 15) is 4.79 Å². The SMILES string of the molecule is CC(c1cccnc1)N1CCN(C(=O)CCSc2ccccc2Cl)CC1. The quantitative estimate of drug-likeness (QED) is 0.696. The molecule has 26 heavy (non-hydrogen) atoms. The Bertz CT molecular complexity index is 720. The number of aromatic nitrogens is 1. The van der Waals surface area contributed by atoms with Crippen LogP contribution in [-0.2, 0) is 4.79 Å². The van der Waals surface area contributed by atoms with Gasteiger partial charge in [-0.1, -0.05) is 29.8 Å². The molecular weight excluding hydrogens is 366 g/mol. The maximum atomic E-state index is 12.5. The van der Waals surface area contributed by atoms with Crippen molar-refractivity contribution in [2.75, 3.05) is 31.9 Å². The van der Waals surface area contributed by atoms with Crippen LogP contribution < -0.4 is 0 Å². The van der Waals surface area contributed by atoms with Crippen molar-refractivity contribution in [1.29, 1.82) is 0 Å². The number of rotatable bonds is 6.